The average molecular weight is 294 g/mol. The maximum atomic E-state index is 11.1. The fraction of sp³-hybridized carbons (Fsp3) is 0.357. The fourth-order valence-electron chi connectivity index (χ4n) is 2.06. The molecule has 1 aromatic carbocycles. The minimum atomic E-state index is -3.48. The lowest BCUT2D eigenvalue weighted by molar-refractivity contribution is 0.492. The Hall–Kier alpha value is -1.82. The number of rotatable bonds is 5. The normalized spacial score (nSPS) is 11.6. The van der Waals surface area contributed by atoms with E-state index in [1.807, 2.05) is 30.7 Å². The van der Waals surface area contributed by atoms with E-state index in [0.717, 1.165) is 36.2 Å². The van der Waals surface area contributed by atoms with E-state index in [4.69, 9.17) is 4.18 Å². The zero-order chi connectivity index (χ0) is 14.8. The van der Waals surface area contributed by atoms with Crippen molar-refractivity contribution < 1.29 is 12.6 Å². The van der Waals surface area contributed by atoms with Crippen LogP contribution in [-0.4, -0.2) is 24.5 Å². The van der Waals surface area contributed by atoms with Crippen molar-refractivity contribution in [2.75, 3.05) is 6.26 Å². The summed E-state index contributed by atoms with van der Waals surface area (Å²) in [6.45, 7) is 4.73. The Morgan fingerprint density at radius 1 is 1.25 bits per heavy atom. The molecule has 2 aromatic rings. The van der Waals surface area contributed by atoms with Crippen molar-refractivity contribution in [3.05, 3.63) is 47.3 Å². The smallest absolute Gasteiger partial charge is 0.306 e. The van der Waals surface area contributed by atoms with E-state index in [-0.39, 0.29) is 0 Å². The minimum Gasteiger partial charge on any atom is -0.383 e. The molecule has 0 bridgehead atoms. The van der Waals surface area contributed by atoms with Gasteiger partial charge in [0.25, 0.3) is 0 Å². The predicted molar refractivity (Wildman–Crippen MR) is 77.3 cm³/mol. The van der Waals surface area contributed by atoms with Crippen LogP contribution in [0.4, 0.5) is 0 Å². The van der Waals surface area contributed by atoms with Crippen molar-refractivity contribution in [3.8, 4) is 5.75 Å². The Kier molecular flexibility index (Phi) is 4.13. The van der Waals surface area contributed by atoms with E-state index in [1.165, 1.54) is 0 Å². The van der Waals surface area contributed by atoms with Crippen LogP contribution in [0.15, 0.2) is 30.3 Å². The molecule has 0 unspecified atom stereocenters. The third-order valence-electron chi connectivity index (χ3n) is 2.86. The first-order valence-electron chi connectivity index (χ1n) is 6.33. The molecule has 108 valence electrons. The standard InChI is InChI=1S/C14H18N2O3S/c1-11-9-12(2)16(15-11)8-7-13-5-4-6-14(10-13)19-20(3,17)18/h4-6,9-10H,7-8H2,1-3H3. The number of aromatic nitrogens is 2. The van der Waals surface area contributed by atoms with Crippen LogP contribution in [0.1, 0.15) is 17.0 Å². The maximum Gasteiger partial charge on any atom is 0.306 e. The second-order valence-electron chi connectivity index (χ2n) is 4.84. The van der Waals surface area contributed by atoms with Gasteiger partial charge in [-0.3, -0.25) is 4.68 Å². The van der Waals surface area contributed by atoms with Crippen LogP contribution in [-0.2, 0) is 23.1 Å². The van der Waals surface area contributed by atoms with Crippen LogP contribution in [0.3, 0.4) is 0 Å². The summed E-state index contributed by atoms with van der Waals surface area (Å²) in [6.07, 6.45) is 1.80. The Balaban J connectivity index is 2.07. The molecule has 0 aliphatic rings. The molecule has 1 aromatic heterocycles. The van der Waals surface area contributed by atoms with Gasteiger partial charge in [0, 0.05) is 12.2 Å². The first-order valence-corrected chi connectivity index (χ1v) is 8.14. The molecule has 0 radical (unpaired) electrons. The number of hydrogen-bond acceptors (Lipinski definition) is 4. The molecule has 6 heteroatoms. The highest BCUT2D eigenvalue weighted by molar-refractivity contribution is 7.86. The van der Waals surface area contributed by atoms with Crippen molar-refractivity contribution in [1.29, 1.82) is 0 Å². The van der Waals surface area contributed by atoms with Crippen LogP contribution >= 0.6 is 0 Å². The molecule has 2 rings (SSSR count). The lowest BCUT2D eigenvalue weighted by atomic mass is 10.1. The van der Waals surface area contributed by atoms with Gasteiger partial charge < -0.3 is 4.18 Å². The summed E-state index contributed by atoms with van der Waals surface area (Å²) < 4.78 is 29.0. The zero-order valence-electron chi connectivity index (χ0n) is 11.8. The summed E-state index contributed by atoms with van der Waals surface area (Å²) >= 11 is 0. The van der Waals surface area contributed by atoms with Gasteiger partial charge in [-0.15, -0.1) is 0 Å². The van der Waals surface area contributed by atoms with Gasteiger partial charge in [-0.1, -0.05) is 12.1 Å². The summed E-state index contributed by atoms with van der Waals surface area (Å²) in [4.78, 5) is 0. The molecule has 1 heterocycles. The van der Waals surface area contributed by atoms with Gasteiger partial charge in [0.1, 0.15) is 5.75 Å². The fourth-order valence-corrected chi connectivity index (χ4v) is 2.52. The van der Waals surface area contributed by atoms with Crippen LogP contribution in [0.25, 0.3) is 0 Å². The molecule has 0 N–H and O–H groups in total. The highest BCUT2D eigenvalue weighted by atomic mass is 32.2. The quantitative estimate of drug-likeness (QED) is 0.792. The highest BCUT2D eigenvalue weighted by Gasteiger charge is 2.06. The van der Waals surface area contributed by atoms with Crippen LogP contribution in [0.2, 0.25) is 0 Å². The Bertz CT molecular complexity index is 705. The van der Waals surface area contributed by atoms with E-state index < -0.39 is 10.1 Å². The molecule has 20 heavy (non-hydrogen) atoms. The third-order valence-corrected chi connectivity index (χ3v) is 3.36. The Morgan fingerprint density at radius 3 is 2.60 bits per heavy atom. The molecule has 0 fully saturated rings. The lowest BCUT2D eigenvalue weighted by Crippen LogP contribution is -2.07. The molecule has 0 amide bonds. The van der Waals surface area contributed by atoms with Crippen LogP contribution in [0.5, 0.6) is 5.75 Å². The number of aryl methyl sites for hydroxylation is 4. The van der Waals surface area contributed by atoms with Gasteiger partial charge in [-0.05, 0) is 44.0 Å². The average Bonchev–Trinajstić information content (AvgIpc) is 2.63. The third kappa shape index (κ3) is 4.09. The first kappa shape index (κ1) is 14.6. The molecular weight excluding hydrogens is 276 g/mol. The molecule has 0 saturated heterocycles. The second kappa shape index (κ2) is 5.66. The van der Waals surface area contributed by atoms with Crippen LogP contribution in [0, 0.1) is 13.8 Å². The summed E-state index contributed by atoms with van der Waals surface area (Å²) in [7, 11) is -3.48. The number of nitrogens with zero attached hydrogens (tertiary/aromatic N) is 2. The van der Waals surface area contributed by atoms with Crippen molar-refractivity contribution in [2.45, 2.75) is 26.8 Å². The summed E-state index contributed by atoms with van der Waals surface area (Å²) in [5.41, 5.74) is 3.13. The van der Waals surface area contributed by atoms with Crippen molar-refractivity contribution in [2.24, 2.45) is 0 Å². The van der Waals surface area contributed by atoms with Gasteiger partial charge in [-0.25, -0.2) is 0 Å². The van der Waals surface area contributed by atoms with E-state index in [2.05, 4.69) is 5.10 Å². The van der Waals surface area contributed by atoms with Crippen molar-refractivity contribution >= 4 is 10.1 Å². The molecule has 0 aliphatic carbocycles. The SMILES string of the molecule is Cc1cc(C)n(CCc2cccc(OS(C)(=O)=O)c2)n1. The lowest BCUT2D eigenvalue weighted by Gasteiger charge is -2.07. The minimum absolute atomic E-state index is 0.346. The largest absolute Gasteiger partial charge is 0.383 e. The molecular formula is C14H18N2O3S. The van der Waals surface area contributed by atoms with Gasteiger partial charge in [-0.2, -0.15) is 13.5 Å². The topological polar surface area (TPSA) is 61.2 Å². The Labute approximate surface area is 119 Å². The van der Waals surface area contributed by atoms with E-state index in [9.17, 15) is 8.42 Å². The predicted octanol–water partition coefficient (Wildman–Crippen LogP) is 2.08. The van der Waals surface area contributed by atoms with E-state index in [1.54, 1.807) is 18.2 Å². The van der Waals surface area contributed by atoms with Crippen molar-refractivity contribution in [1.82, 2.24) is 9.78 Å². The number of benzene rings is 1. The zero-order valence-corrected chi connectivity index (χ0v) is 12.6. The van der Waals surface area contributed by atoms with E-state index >= 15 is 0 Å². The highest BCUT2D eigenvalue weighted by Crippen LogP contribution is 2.16. The van der Waals surface area contributed by atoms with Gasteiger partial charge in [0.15, 0.2) is 0 Å². The number of hydrogen-bond donors (Lipinski definition) is 0. The van der Waals surface area contributed by atoms with Crippen molar-refractivity contribution in [3.63, 3.8) is 0 Å². The summed E-state index contributed by atoms with van der Waals surface area (Å²) in [5, 5.41) is 4.40. The summed E-state index contributed by atoms with van der Waals surface area (Å²) in [5.74, 6) is 0.346. The van der Waals surface area contributed by atoms with Gasteiger partial charge in [0.05, 0.1) is 11.9 Å². The first-order chi connectivity index (χ1) is 9.33. The van der Waals surface area contributed by atoms with Gasteiger partial charge in [0.2, 0.25) is 0 Å². The van der Waals surface area contributed by atoms with E-state index in [0.29, 0.717) is 5.75 Å². The maximum absolute atomic E-state index is 11.1. The van der Waals surface area contributed by atoms with Gasteiger partial charge >= 0.3 is 10.1 Å². The monoisotopic (exact) mass is 294 g/mol. The summed E-state index contributed by atoms with van der Waals surface area (Å²) in [6, 6.07) is 9.14. The second-order valence-corrected chi connectivity index (χ2v) is 6.41. The molecule has 0 aliphatic heterocycles. The molecule has 0 saturated carbocycles. The molecule has 5 nitrogen and oxygen atoms in total. The van der Waals surface area contributed by atoms with Crippen LogP contribution < -0.4 is 4.18 Å². The molecule has 0 spiro atoms. The Morgan fingerprint density at radius 2 is 2.00 bits per heavy atom. The molecule has 0 atom stereocenters.